The van der Waals surface area contributed by atoms with Gasteiger partial charge in [0.05, 0.1) is 6.54 Å². The lowest BCUT2D eigenvalue weighted by Crippen LogP contribution is -1.97. The summed E-state index contributed by atoms with van der Waals surface area (Å²) in [4.78, 5) is 12.7. The number of carbonyl (C=O) groups excluding carboxylic acids is 1. The monoisotopic (exact) mass is 113 g/mol. The van der Waals surface area contributed by atoms with Crippen LogP contribution in [0.15, 0.2) is 5.11 Å². The van der Waals surface area contributed by atoms with Crippen molar-refractivity contribution in [3.8, 4) is 0 Å². The van der Waals surface area contributed by atoms with Crippen LogP contribution in [0.4, 0.5) is 0 Å². The number of ketones is 1. The quantitative estimate of drug-likeness (QED) is 0.309. The van der Waals surface area contributed by atoms with E-state index in [1.807, 2.05) is 0 Å². The van der Waals surface area contributed by atoms with Crippen LogP contribution in [-0.2, 0) is 4.79 Å². The van der Waals surface area contributed by atoms with Gasteiger partial charge in [-0.1, -0.05) is 12.0 Å². The molecule has 44 valence electrons. The molecule has 0 N–H and O–H groups in total. The third kappa shape index (κ3) is 3.18. The summed E-state index contributed by atoms with van der Waals surface area (Å²) in [7, 11) is 0. The van der Waals surface area contributed by atoms with Crippen molar-refractivity contribution >= 4 is 5.78 Å². The fourth-order valence-electron chi connectivity index (χ4n) is 0.222. The van der Waals surface area contributed by atoms with Crippen LogP contribution < -0.4 is 0 Å². The molecule has 0 amide bonds. The highest BCUT2D eigenvalue weighted by Crippen LogP contribution is 1.80. The van der Waals surface area contributed by atoms with Gasteiger partial charge in [-0.2, -0.15) is 0 Å². The molecule has 0 aromatic carbocycles. The van der Waals surface area contributed by atoms with Crippen molar-refractivity contribution in [3.05, 3.63) is 10.4 Å². The van der Waals surface area contributed by atoms with Gasteiger partial charge in [0.25, 0.3) is 0 Å². The minimum Gasteiger partial charge on any atom is -0.300 e. The maximum absolute atomic E-state index is 10.3. The Morgan fingerprint density at radius 3 is 2.88 bits per heavy atom. The van der Waals surface area contributed by atoms with Crippen molar-refractivity contribution in [2.75, 3.05) is 6.54 Å². The molecule has 0 saturated heterocycles. The van der Waals surface area contributed by atoms with Crippen LogP contribution in [0.1, 0.15) is 13.3 Å². The predicted molar refractivity (Wildman–Crippen MR) is 29.3 cm³/mol. The van der Waals surface area contributed by atoms with Gasteiger partial charge in [-0.05, 0) is 5.53 Å². The van der Waals surface area contributed by atoms with E-state index < -0.39 is 0 Å². The summed E-state index contributed by atoms with van der Waals surface area (Å²) >= 11 is 0. The van der Waals surface area contributed by atoms with Gasteiger partial charge in [-0.25, -0.2) is 0 Å². The molecule has 0 bridgehead atoms. The summed E-state index contributed by atoms with van der Waals surface area (Å²) in [6.07, 6.45) is 0.443. The number of hydrogen-bond acceptors (Lipinski definition) is 2. The maximum atomic E-state index is 10.3. The van der Waals surface area contributed by atoms with Crippen molar-refractivity contribution in [1.29, 1.82) is 0 Å². The largest absolute Gasteiger partial charge is 0.300 e. The van der Waals surface area contributed by atoms with E-state index in [9.17, 15) is 4.79 Å². The minimum absolute atomic E-state index is 0.00694. The average molecular weight is 113 g/mol. The Labute approximate surface area is 47.1 Å². The molecule has 0 unspecified atom stereocenters. The van der Waals surface area contributed by atoms with Crippen molar-refractivity contribution in [2.45, 2.75) is 13.3 Å². The highest BCUT2D eigenvalue weighted by atomic mass is 16.1. The Morgan fingerprint density at radius 2 is 2.50 bits per heavy atom. The Balaban J connectivity index is 3.39. The SMILES string of the molecule is CCC(=O)CN=[N+]=[N-]. The first-order valence-corrected chi connectivity index (χ1v) is 2.33. The number of azide groups is 1. The predicted octanol–water partition coefficient (Wildman–Crippen LogP) is 1.28. The lowest BCUT2D eigenvalue weighted by Gasteiger charge is -1.82. The summed E-state index contributed by atoms with van der Waals surface area (Å²) in [5.74, 6) is -0.0252. The first-order valence-electron chi connectivity index (χ1n) is 2.33. The molecule has 0 aromatic rings. The van der Waals surface area contributed by atoms with Crippen LogP contribution in [0.2, 0.25) is 0 Å². The van der Waals surface area contributed by atoms with Crippen LogP contribution >= 0.6 is 0 Å². The number of hydrogen-bond donors (Lipinski definition) is 0. The van der Waals surface area contributed by atoms with Crippen LogP contribution in [0, 0.1) is 0 Å². The molecule has 0 spiro atoms. The van der Waals surface area contributed by atoms with Crippen molar-refractivity contribution in [2.24, 2.45) is 5.11 Å². The first kappa shape index (κ1) is 6.98. The molecular formula is C4H7N3O. The molecule has 4 nitrogen and oxygen atoms in total. The van der Waals surface area contributed by atoms with E-state index in [0.29, 0.717) is 6.42 Å². The molecule has 0 aliphatic rings. The molecule has 0 saturated carbocycles. The smallest absolute Gasteiger partial charge is 0.138 e. The van der Waals surface area contributed by atoms with Crippen LogP contribution in [0.5, 0.6) is 0 Å². The van der Waals surface area contributed by atoms with E-state index in [2.05, 4.69) is 10.0 Å². The van der Waals surface area contributed by atoms with E-state index in [0.717, 1.165) is 0 Å². The number of nitrogens with zero attached hydrogens (tertiary/aromatic N) is 3. The summed E-state index contributed by atoms with van der Waals surface area (Å²) in [6, 6.07) is 0. The Kier molecular flexibility index (Phi) is 3.62. The number of carbonyl (C=O) groups is 1. The summed E-state index contributed by atoms with van der Waals surface area (Å²) in [5.41, 5.74) is 7.72. The van der Waals surface area contributed by atoms with Crippen LogP contribution in [0.3, 0.4) is 0 Å². The summed E-state index contributed by atoms with van der Waals surface area (Å²) in [5, 5.41) is 3.07. The molecular weight excluding hydrogens is 106 g/mol. The highest BCUT2D eigenvalue weighted by Gasteiger charge is 1.91. The molecule has 0 aliphatic carbocycles. The zero-order valence-electron chi connectivity index (χ0n) is 4.66. The minimum atomic E-state index is -0.0252. The molecule has 0 aromatic heterocycles. The lowest BCUT2D eigenvalue weighted by atomic mass is 10.3. The van der Waals surface area contributed by atoms with Gasteiger partial charge >= 0.3 is 0 Å². The third-order valence-corrected chi connectivity index (χ3v) is 0.705. The maximum Gasteiger partial charge on any atom is 0.138 e. The standard InChI is InChI=1S/C4H7N3O/c1-2-4(8)3-6-7-5/h2-3H2,1H3. The van der Waals surface area contributed by atoms with Gasteiger partial charge in [-0.15, -0.1) is 0 Å². The first-order chi connectivity index (χ1) is 3.81. The third-order valence-electron chi connectivity index (χ3n) is 0.705. The highest BCUT2D eigenvalue weighted by molar-refractivity contribution is 5.80. The fourth-order valence-corrected chi connectivity index (χ4v) is 0.222. The fraction of sp³-hybridized carbons (Fsp3) is 0.750. The van der Waals surface area contributed by atoms with Crippen molar-refractivity contribution in [1.82, 2.24) is 0 Å². The zero-order chi connectivity index (χ0) is 6.41. The molecule has 0 radical (unpaired) electrons. The van der Waals surface area contributed by atoms with E-state index in [-0.39, 0.29) is 12.3 Å². The number of rotatable bonds is 3. The average Bonchev–Trinajstić information content (AvgIpc) is 1.83. The number of Topliss-reactive ketones (excluding diaryl/α,β-unsaturated/α-hetero) is 1. The molecule has 4 heteroatoms. The summed E-state index contributed by atoms with van der Waals surface area (Å²) in [6.45, 7) is 1.72. The van der Waals surface area contributed by atoms with Gasteiger partial charge in [0, 0.05) is 11.3 Å². The Morgan fingerprint density at radius 1 is 1.88 bits per heavy atom. The van der Waals surface area contributed by atoms with Crippen LogP contribution in [0.25, 0.3) is 10.4 Å². The van der Waals surface area contributed by atoms with Crippen molar-refractivity contribution in [3.63, 3.8) is 0 Å². The van der Waals surface area contributed by atoms with Gasteiger partial charge in [0.1, 0.15) is 5.78 Å². The van der Waals surface area contributed by atoms with E-state index in [4.69, 9.17) is 5.53 Å². The topological polar surface area (TPSA) is 65.8 Å². The second kappa shape index (κ2) is 4.15. The van der Waals surface area contributed by atoms with E-state index in [1.54, 1.807) is 6.92 Å². The molecule has 8 heavy (non-hydrogen) atoms. The van der Waals surface area contributed by atoms with Crippen LogP contribution in [-0.4, -0.2) is 12.3 Å². The van der Waals surface area contributed by atoms with E-state index in [1.165, 1.54) is 0 Å². The Hall–Kier alpha value is -1.02. The lowest BCUT2D eigenvalue weighted by molar-refractivity contribution is -0.117. The van der Waals surface area contributed by atoms with Gasteiger partial charge in [0.15, 0.2) is 0 Å². The zero-order valence-corrected chi connectivity index (χ0v) is 4.66. The Bertz CT molecular complexity index is 125. The van der Waals surface area contributed by atoms with Gasteiger partial charge < -0.3 is 0 Å². The second-order valence-corrected chi connectivity index (χ2v) is 1.28. The molecule has 0 heterocycles. The normalized spacial score (nSPS) is 7.62. The van der Waals surface area contributed by atoms with E-state index >= 15 is 0 Å². The molecule has 0 aliphatic heterocycles. The summed E-state index contributed by atoms with van der Waals surface area (Å²) < 4.78 is 0. The van der Waals surface area contributed by atoms with Crippen molar-refractivity contribution < 1.29 is 4.79 Å². The molecule has 0 atom stereocenters. The molecule has 0 rings (SSSR count). The molecule has 0 fully saturated rings. The van der Waals surface area contributed by atoms with Gasteiger partial charge in [0.2, 0.25) is 0 Å². The van der Waals surface area contributed by atoms with Gasteiger partial charge in [-0.3, -0.25) is 4.79 Å². The second-order valence-electron chi connectivity index (χ2n) is 1.28.